The van der Waals surface area contributed by atoms with Gasteiger partial charge in [0.15, 0.2) is 0 Å². The van der Waals surface area contributed by atoms with Crippen molar-refractivity contribution in [3.8, 4) is 0 Å². The largest absolute Gasteiger partial charge is 0.416 e. The summed E-state index contributed by atoms with van der Waals surface area (Å²) in [6.45, 7) is 5.94. The second kappa shape index (κ2) is 7.88. The number of nitrogens with zero attached hydrogens (tertiary/aromatic N) is 1. The van der Waals surface area contributed by atoms with Crippen LogP contribution in [0.25, 0.3) is 0 Å². The topological polar surface area (TPSA) is 41.6 Å². The first-order chi connectivity index (χ1) is 11.3. The van der Waals surface area contributed by atoms with Gasteiger partial charge in [-0.2, -0.15) is 13.2 Å². The Morgan fingerprint density at radius 2 is 2.00 bits per heavy atom. The highest BCUT2D eigenvalue weighted by Gasteiger charge is 2.32. The summed E-state index contributed by atoms with van der Waals surface area (Å²) < 4.78 is 44.3. The van der Waals surface area contributed by atoms with Crippen molar-refractivity contribution in [3.05, 3.63) is 23.8 Å². The maximum atomic E-state index is 13.0. The maximum Gasteiger partial charge on any atom is 0.416 e. The van der Waals surface area contributed by atoms with Crippen LogP contribution < -0.4 is 10.2 Å². The van der Waals surface area contributed by atoms with E-state index in [1.165, 1.54) is 6.07 Å². The van der Waals surface area contributed by atoms with Crippen molar-refractivity contribution in [1.82, 2.24) is 0 Å². The molecule has 0 bridgehead atoms. The fraction of sp³-hybridized carbons (Fsp3) is 0.588. The number of hydrogen-bond acceptors (Lipinski definition) is 3. The number of amides is 1. The third kappa shape index (κ3) is 4.63. The van der Waals surface area contributed by atoms with Crippen molar-refractivity contribution < 1.29 is 22.7 Å². The lowest BCUT2D eigenvalue weighted by Crippen LogP contribution is -2.37. The molecule has 4 nitrogen and oxygen atoms in total. The molecule has 2 rings (SSSR count). The van der Waals surface area contributed by atoms with E-state index in [1.54, 1.807) is 6.92 Å². The highest BCUT2D eigenvalue weighted by atomic mass is 19.4. The molecule has 0 aromatic heterocycles. The predicted molar refractivity (Wildman–Crippen MR) is 87.2 cm³/mol. The van der Waals surface area contributed by atoms with Crippen LogP contribution >= 0.6 is 0 Å². The summed E-state index contributed by atoms with van der Waals surface area (Å²) in [6.07, 6.45) is -2.91. The Morgan fingerprint density at radius 3 is 2.58 bits per heavy atom. The molecule has 1 fully saturated rings. The zero-order valence-electron chi connectivity index (χ0n) is 13.9. The summed E-state index contributed by atoms with van der Waals surface area (Å²) in [5.74, 6) is -0.507. The zero-order chi connectivity index (χ0) is 17.7. The number of rotatable bonds is 5. The third-order valence-electron chi connectivity index (χ3n) is 4.10. The standard InChI is InChI=1S/C17H23F3N2O2/c1-3-4-12(2)16(23)21-14-11-13(17(18,19)20)5-6-15(14)22-7-9-24-10-8-22/h5-6,11-12H,3-4,7-10H2,1-2H3,(H,21,23). The van der Waals surface area contributed by atoms with E-state index in [0.717, 1.165) is 18.6 Å². The van der Waals surface area contributed by atoms with E-state index in [0.29, 0.717) is 38.4 Å². The number of carbonyl (C=O) groups excluding carboxylic acids is 1. The highest BCUT2D eigenvalue weighted by Crippen LogP contribution is 2.36. The molecule has 0 saturated carbocycles. The van der Waals surface area contributed by atoms with Crippen LogP contribution in [0.2, 0.25) is 0 Å². The molecule has 1 unspecified atom stereocenters. The SMILES string of the molecule is CCCC(C)C(=O)Nc1cc(C(F)(F)F)ccc1N1CCOCC1. The minimum absolute atomic E-state index is 0.208. The Morgan fingerprint density at radius 1 is 1.33 bits per heavy atom. The first kappa shape index (κ1) is 18.6. The highest BCUT2D eigenvalue weighted by molar-refractivity contribution is 5.95. The summed E-state index contributed by atoms with van der Waals surface area (Å²) in [5.41, 5.74) is 0.0426. The van der Waals surface area contributed by atoms with Crippen LogP contribution in [0.5, 0.6) is 0 Å². The van der Waals surface area contributed by atoms with Crippen LogP contribution in [0.4, 0.5) is 24.5 Å². The van der Waals surface area contributed by atoms with Gasteiger partial charge in [-0.25, -0.2) is 0 Å². The lowest BCUT2D eigenvalue weighted by atomic mass is 10.0. The smallest absolute Gasteiger partial charge is 0.378 e. The first-order valence-corrected chi connectivity index (χ1v) is 8.17. The molecule has 1 aromatic rings. The van der Waals surface area contributed by atoms with Gasteiger partial charge in [0.05, 0.1) is 30.2 Å². The Hall–Kier alpha value is -1.76. The second-order valence-electron chi connectivity index (χ2n) is 6.01. The summed E-state index contributed by atoms with van der Waals surface area (Å²) in [4.78, 5) is 14.2. The summed E-state index contributed by atoms with van der Waals surface area (Å²) in [6, 6.07) is 3.49. The van der Waals surface area contributed by atoms with Crippen LogP contribution in [0.1, 0.15) is 32.3 Å². The van der Waals surface area contributed by atoms with E-state index in [4.69, 9.17) is 4.74 Å². The Kier molecular flexibility index (Phi) is 6.10. The van der Waals surface area contributed by atoms with Gasteiger partial charge < -0.3 is 15.0 Å². The number of alkyl halides is 3. The number of benzene rings is 1. The van der Waals surface area contributed by atoms with Crippen molar-refractivity contribution in [2.75, 3.05) is 36.5 Å². The maximum absolute atomic E-state index is 13.0. The van der Waals surface area contributed by atoms with Gasteiger partial charge in [0.1, 0.15) is 0 Å². The average Bonchev–Trinajstić information content (AvgIpc) is 2.55. The monoisotopic (exact) mass is 344 g/mol. The van der Waals surface area contributed by atoms with E-state index < -0.39 is 11.7 Å². The van der Waals surface area contributed by atoms with E-state index in [9.17, 15) is 18.0 Å². The van der Waals surface area contributed by atoms with Gasteiger partial charge in [-0.05, 0) is 24.6 Å². The fourth-order valence-corrected chi connectivity index (χ4v) is 2.71. The Balaban J connectivity index is 2.30. The number of anilines is 2. The minimum atomic E-state index is -4.45. The van der Waals surface area contributed by atoms with Crippen molar-refractivity contribution in [2.24, 2.45) is 5.92 Å². The molecule has 1 amide bonds. The molecular weight excluding hydrogens is 321 g/mol. The molecule has 1 saturated heterocycles. The lowest BCUT2D eigenvalue weighted by Gasteiger charge is -2.31. The summed E-state index contributed by atoms with van der Waals surface area (Å²) >= 11 is 0. The van der Waals surface area contributed by atoms with Gasteiger partial charge in [-0.15, -0.1) is 0 Å². The van der Waals surface area contributed by atoms with Crippen LogP contribution in [-0.4, -0.2) is 32.2 Å². The van der Waals surface area contributed by atoms with Gasteiger partial charge in [-0.1, -0.05) is 20.3 Å². The molecule has 0 aliphatic carbocycles. The minimum Gasteiger partial charge on any atom is -0.378 e. The lowest BCUT2D eigenvalue weighted by molar-refractivity contribution is -0.137. The third-order valence-corrected chi connectivity index (χ3v) is 4.10. The van der Waals surface area contributed by atoms with Gasteiger partial charge in [0.25, 0.3) is 0 Å². The van der Waals surface area contributed by atoms with Crippen LogP contribution in [0.3, 0.4) is 0 Å². The van der Waals surface area contributed by atoms with Gasteiger partial charge in [-0.3, -0.25) is 4.79 Å². The van der Waals surface area contributed by atoms with Crippen molar-refractivity contribution in [1.29, 1.82) is 0 Å². The molecule has 1 aromatic carbocycles. The number of halogens is 3. The first-order valence-electron chi connectivity index (χ1n) is 8.17. The molecule has 1 aliphatic rings. The van der Waals surface area contributed by atoms with Crippen molar-refractivity contribution >= 4 is 17.3 Å². The Bertz CT molecular complexity index is 569. The van der Waals surface area contributed by atoms with Crippen LogP contribution in [0, 0.1) is 5.92 Å². The second-order valence-corrected chi connectivity index (χ2v) is 6.01. The molecule has 134 valence electrons. The molecule has 0 radical (unpaired) electrons. The molecule has 1 N–H and O–H groups in total. The summed E-state index contributed by atoms with van der Waals surface area (Å²) in [5, 5.41) is 2.68. The van der Waals surface area contributed by atoms with Crippen LogP contribution in [0.15, 0.2) is 18.2 Å². The molecular formula is C17H23F3N2O2. The molecule has 1 aliphatic heterocycles. The van der Waals surface area contributed by atoms with E-state index in [1.807, 2.05) is 11.8 Å². The average molecular weight is 344 g/mol. The fourth-order valence-electron chi connectivity index (χ4n) is 2.71. The Labute approximate surface area is 140 Å². The van der Waals surface area contributed by atoms with Crippen molar-refractivity contribution in [2.45, 2.75) is 32.9 Å². The summed E-state index contributed by atoms with van der Waals surface area (Å²) in [7, 11) is 0. The van der Waals surface area contributed by atoms with Gasteiger partial charge in [0, 0.05) is 19.0 Å². The number of hydrogen-bond donors (Lipinski definition) is 1. The van der Waals surface area contributed by atoms with E-state index in [2.05, 4.69) is 5.32 Å². The molecule has 0 spiro atoms. The number of nitrogens with one attached hydrogen (secondary N) is 1. The molecule has 7 heteroatoms. The molecule has 24 heavy (non-hydrogen) atoms. The van der Waals surface area contributed by atoms with E-state index >= 15 is 0 Å². The van der Waals surface area contributed by atoms with E-state index in [-0.39, 0.29) is 17.5 Å². The number of ether oxygens (including phenoxy) is 1. The predicted octanol–water partition coefficient (Wildman–Crippen LogP) is 3.92. The molecule has 1 heterocycles. The van der Waals surface area contributed by atoms with Crippen LogP contribution in [-0.2, 0) is 15.7 Å². The quantitative estimate of drug-likeness (QED) is 0.880. The van der Waals surface area contributed by atoms with Gasteiger partial charge in [0.2, 0.25) is 5.91 Å². The zero-order valence-corrected chi connectivity index (χ0v) is 13.9. The normalized spacial score (nSPS) is 16.8. The molecule has 1 atom stereocenters. The van der Waals surface area contributed by atoms with Gasteiger partial charge >= 0.3 is 6.18 Å². The number of morpholine rings is 1. The van der Waals surface area contributed by atoms with Crippen molar-refractivity contribution in [3.63, 3.8) is 0 Å². The number of carbonyl (C=O) groups is 1.